The van der Waals surface area contributed by atoms with Gasteiger partial charge in [-0.15, -0.1) is 0 Å². The highest BCUT2D eigenvalue weighted by Gasteiger charge is 2.19. The van der Waals surface area contributed by atoms with Crippen LogP contribution in [0.5, 0.6) is 11.5 Å². The zero-order valence-corrected chi connectivity index (χ0v) is 18.4. The van der Waals surface area contributed by atoms with E-state index in [0.717, 1.165) is 43.6 Å². The van der Waals surface area contributed by atoms with E-state index in [9.17, 15) is 4.79 Å². The minimum absolute atomic E-state index is 0.104. The largest absolute Gasteiger partial charge is 0.497 e. The summed E-state index contributed by atoms with van der Waals surface area (Å²) < 4.78 is 10.4. The molecular formula is C23H31N5O3. The van der Waals surface area contributed by atoms with Crippen molar-refractivity contribution in [3.63, 3.8) is 0 Å². The number of benzene rings is 2. The van der Waals surface area contributed by atoms with E-state index in [0.29, 0.717) is 18.7 Å². The second-order valence-electron chi connectivity index (χ2n) is 7.13. The highest BCUT2D eigenvalue weighted by atomic mass is 16.5. The average Bonchev–Trinajstić information content (AvgIpc) is 2.84. The fraction of sp³-hybridized carbons (Fsp3) is 0.391. The number of carbonyl (C=O) groups excluding carboxylic acids is 1. The van der Waals surface area contributed by atoms with E-state index in [1.165, 1.54) is 5.69 Å². The van der Waals surface area contributed by atoms with Gasteiger partial charge in [-0.05, 0) is 48.5 Å². The first-order valence-corrected chi connectivity index (χ1v) is 10.4. The zero-order chi connectivity index (χ0) is 22.1. The maximum atomic E-state index is 12.2. The first-order valence-electron chi connectivity index (χ1n) is 10.4. The molecule has 2 aromatic carbocycles. The van der Waals surface area contributed by atoms with Crippen LogP contribution in [0.25, 0.3) is 0 Å². The molecule has 1 aliphatic rings. The molecule has 0 aromatic heterocycles. The van der Waals surface area contributed by atoms with E-state index in [1.54, 1.807) is 45.5 Å². The lowest BCUT2D eigenvalue weighted by Crippen LogP contribution is -2.53. The molecule has 166 valence electrons. The van der Waals surface area contributed by atoms with E-state index in [1.807, 2.05) is 12.1 Å². The van der Waals surface area contributed by atoms with Crippen LogP contribution in [-0.2, 0) is 0 Å². The predicted molar refractivity (Wildman–Crippen MR) is 123 cm³/mol. The number of amides is 1. The Labute approximate surface area is 183 Å². The number of anilines is 1. The number of aliphatic imine (C=N–C) groups is 1. The van der Waals surface area contributed by atoms with Gasteiger partial charge in [0.1, 0.15) is 11.5 Å². The number of guanidine groups is 1. The normalized spacial score (nSPS) is 14.2. The second-order valence-corrected chi connectivity index (χ2v) is 7.13. The Kier molecular flexibility index (Phi) is 7.98. The first kappa shape index (κ1) is 22.3. The fourth-order valence-corrected chi connectivity index (χ4v) is 3.50. The Balaban J connectivity index is 1.40. The first-order chi connectivity index (χ1) is 15.1. The van der Waals surface area contributed by atoms with Crippen molar-refractivity contribution >= 4 is 17.6 Å². The lowest BCUT2D eigenvalue weighted by molar-refractivity contribution is 0.0954. The minimum atomic E-state index is -0.104. The fourth-order valence-electron chi connectivity index (χ4n) is 3.50. The molecule has 2 N–H and O–H groups in total. The summed E-state index contributed by atoms with van der Waals surface area (Å²) in [5.41, 5.74) is 1.81. The van der Waals surface area contributed by atoms with Crippen molar-refractivity contribution in [3.05, 3.63) is 54.1 Å². The molecule has 1 aliphatic heterocycles. The highest BCUT2D eigenvalue weighted by Crippen LogP contribution is 2.20. The summed E-state index contributed by atoms with van der Waals surface area (Å²) in [4.78, 5) is 21.2. The number of methoxy groups -OCH3 is 2. The van der Waals surface area contributed by atoms with E-state index in [-0.39, 0.29) is 5.91 Å². The van der Waals surface area contributed by atoms with Crippen LogP contribution in [0.15, 0.2) is 53.5 Å². The zero-order valence-electron chi connectivity index (χ0n) is 18.4. The van der Waals surface area contributed by atoms with Crippen LogP contribution in [0, 0.1) is 0 Å². The molecule has 0 saturated carbocycles. The summed E-state index contributed by atoms with van der Waals surface area (Å²) >= 11 is 0. The number of carbonyl (C=O) groups is 1. The number of hydrogen-bond acceptors (Lipinski definition) is 5. The third-order valence-electron chi connectivity index (χ3n) is 5.27. The topological polar surface area (TPSA) is 78.4 Å². The van der Waals surface area contributed by atoms with Gasteiger partial charge in [0.05, 0.1) is 14.2 Å². The van der Waals surface area contributed by atoms with Gasteiger partial charge in [-0.2, -0.15) is 0 Å². The van der Waals surface area contributed by atoms with Gasteiger partial charge in [-0.1, -0.05) is 0 Å². The third-order valence-corrected chi connectivity index (χ3v) is 5.27. The number of hydrogen-bond donors (Lipinski definition) is 2. The number of ether oxygens (including phenoxy) is 2. The van der Waals surface area contributed by atoms with Crippen LogP contribution in [-0.4, -0.2) is 77.3 Å². The molecule has 1 heterocycles. The number of piperazine rings is 1. The van der Waals surface area contributed by atoms with Crippen molar-refractivity contribution in [2.75, 3.05) is 65.4 Å². The van der Waals surface area contributed by atoms with Crippen LogP contribution in [0.1, 0.15) is 10.4 Å². The van der Waals surface area contributed by atoms with Crippen LogP contribution >= 0.6 is 0 Å². The molecule has 0 atom stereocenters. The summed E-state index contributed by atoms with van der Waals surface area (Å²) in [5.74, 6) is 2.35. The van der Waals surface area contributed by atoms with E-state index in [2.05, 4.69) is 37.6 Å². The molecule has 0 aliphatic carbocycles. The SMILES string of the molecule is CN=C(NCCNC(=O)c1ccc(OC)cc1)N1CCN(c2ccc(OC)cc2)CC1. The van der Waals surface area contributed by atoms with Crippen molar-refractivity contribution in [3.8, 4) is 11.5 Å². The molecule has 1 fully saturated rings. The Morgan fingerprint density at radius 2 is 1.42 bits per heavy atom. The number of nitrogens with one attached hydrogen (secondary N) is 2. The number of nitrogens with zero attached hydrogens (tertiary/aromatic N) is 3. The van der Waals surface area contributed by atoms with Gasteiger partial charge >= 0.3 is 0 Å². The monoisotopic (exact) mass is 425 g/mol. The summed E-state index contributed by atoms with van der Waals surface area (Å²) in [6, 6.07) is 15.2. The maximum absolute atomic E-state index is 12.2. The average molecular weight is 426 g/mol. The van der Waals surface area contributed by atoms with Gasteiger partial charge in [-0.25, -0.2) is 0 Å². The molecule has 8 heteroatoms. The van der Waals surface area contributed by atoms with E-state index >= 15 is 0 Å². The molecule has 0 spiro atoms. The molecule has 2 aromatic rings. The highest BCUT2D eigenvalue weighted by molar-refractivity contribution is 5.94. The molecule has 8 nitrogen and oxygen atoms in total. The minimum Gasteiger partial charge on any atom is -0.497 e. The molecule has 31 heavy (non-hydrogen) atoms. The van der Waals surface area contributed by atoms with Crippen molar-refractivity contribution in [2.24, 2.45) is 4.99 Å². The Bertz CT molecular complexity index is 860. The second kappa shape index (κ2) is 11.1. The quantitative estimate of drug-likeness (QED) is 0.400. The van der Waals surface area contributed by atoms with Crippen LogP contribution in [0.4, 0.5) is 5.69 Å². The van der Waals surface area contributed by atoms with Crippen molar-refractivity contribution in [1.29, 1.82) is 0 Å². The van der Waals surface area contributed by atoms with Gasteiger partial charge < -0.3 is 29.9 Å². The lowest BCUT2D eigenvalue weighted by Gasteiger charge is -2.37. The molecule has 0 bridgehead atoms. The smallest absolute Gasteiger partial charge is 0.251 e. The Morgan fingerprint density at radius 3 is 1.97 bits per heavy atom. The van der Waals surface area contributed by atoms with Crippen LogP contribution in [0.2, 0.25) is 0 Å². The standard InChI is InChI=1S/C23H31N5O3/c1-24-23(26-13-12-25-22(29)18-4-8-20(30-2)9-5-18)28-16-14-27(15-17-28)19-6-10-21(31-3)11-7-19/h4-11H,12-17H2,1-3H3,(H,24,26)(H,25,29). The molecule has 0 radical (unpaired) electrons. The van der Waals surface area contributed by atoms with Gasteiger partial charge in [0.15, 0.2) is 5.96 Å². The summed E-state index contributed by atoms with van der Waals surface area (Å²) in [7, 11) is 5.07. The van der Waals surface area contributed by atoms with Gasteiger partial charge in [0, 0.05) is 57.6 Å². The van der Waals surface area contributed by atoms with Gasteiger partial charge in [-0.3, -0.25) is 9.79 Å². The van der Waals surface area contributed by atoms with Crippen LogP contribution < -0.4 is 25.0 Å². The summed E-state index contributed by atoms with van der Waals surface area (Å²) in [5, 5.41) is 6.26. The van der Waals surface area contributed by atoms with Crippen LogP contribution in [0.3, 0.4) is 0 Å². The molecular weight excluding hydrogens is 394 g/mol. The summed E-state index contributed by atoms with van der Waals surface area (Å²) in [6.45, 7) is 4.71. The molecule has 1 amide bonds. The number of rotatable bonds is 7. The third kappa shape index (κ3) is 6.04. The maximum Gasteiger partial charge on any atom is 0.251 e. The van der Waals surface area contributed by atoms with E-state index < -0.39 is 0 Å². The molecule has 0 unspecified atom stereocenters. The predicted octanol–water partition coefficient (Wildman–Crippen LogP) is 1.83. The Morgan fingerprint density at radius 1 is 0.871 bits per heavy atom. The Hall–Kier alpha value is -3.42. The van der Waals surface area contributed by atoms with Gasteiger partial charge in [0.25, 0.3) is 5.91 Å². The van der Waals surface area contributed by atoms with Gasteiger partial charge in [0.2, 0.25) is 0 Å². The lowest BCUT2D eigenvalue weighted by atomic mass is 10.2. The summed E-state index contributed by atoms with van der Waals surface area (Å²) in [6.07, 6.45) is 0. The molecule has 1 saturated heterocycles. The van der Waals surface area contributed by atoms with Crippen molar-refractivity contribution in [1.82, 2.24) is 15.5 Å². The van der Waals surface area contributed by atoms with Crippen molar-refractivity contribution < 1.29 is 14.3 Å². The van der Waals surface area contributed by atoms with Crippen molar-refractivity contribution in [2.45, 2.75) is 0 Å². The van der Waals surface area contributed by atoms with E-state index in [4.69, 9.17) is 9.47 Å². The molecule has 3 rings (SSSR count).